The van der Waals surface area contributed by atoms with E-state index in [1.54, 1.807) is 0 Å². The highest BCUT2D eigenvalue weighted by atomic mass is 16.5. The van der Waals surface area contributed by atoms with Gasteiger partial charge in [0.1, 0.15) is 18.1 Å². The number of hydrogen-bond acceptors (Lipinski definition) is 4. The van der Waals surface area contributed by atoms with Crippen LogP contribution in [0.5, 0.6) is 11.5 Å². The summed E-state index contributed by atoms with van der Waals surface area (Å²) >= 11 is 0. The Morgan fingerprint density at radius 1 is 0.806 bits per heavy atom. The van der Waals surface area contributed by atoms with Gasteiger partial charge < -0.3 is 19.3 Å². The van der Waals surface area contributed by atoms with Crippen molar-refractivity contribution < 1.29 is 14.3 Å². The predicted molar refractivity (Wildman–Crippen MR) is 123 cm³/mol. The number of piperazine rings is 1. The normalized spacial score (nSPS) is 13.7. The van der Waals surface area contributed by atoms with E-state index in [0.717, 1.165) is 35.8 Å². The predicted octanol–water partition coefficient (Wildman–Crippen LogP) is 4.63. The molecule has 0 aromatic heterocycles. The average molecular weight is 417 g/mol. The molecule has 3 aromatic rings. The summed E-state index contributed by atoms with van der Waals surface area (Å²) in [6, 6.07) is 25.6. The molecule has 0 saturated carbocycles. The largest absolute Gasteiger partial charge is 0.492 e. The lowest BCUT2D eigenvalue weighted by atomic mass is 10.1. The Hall–Kier alpha value is -3.47. The Balaban J connectivity index is 1.32. The van der Waals surface area contributed by atoms with E-state index in [1.807, 2.05) is 84.6 Å². The number of benzene rings is 3. The second kappa shape index (κ2) is 10.0. The molecule has 3 aromatic carbocycles. The summed E-state index contributed by atoms with van der Waals surface area (Å²) in [5, 5.41) is 0. The first kappa shape index (κ1) is 20.8. The van der Waals surface area contributed by atoms with E-state index in [1.165, 1.54) is 0 Å². The number of carbonyl (C=O) groups is 1. The first-order valence-electron chi connectivity index (χ1n) is 10.8. The number of carbonyl (C=O) groups excluding carboxylic acids is 1. The maximum Gasteiger partial charge on any atom is 0.253 e. The molecule has 0 spiro atoms. The van der Waals surface area contributed by atoms with Gasteiger partial charge in [0.25, 0.3) is 5.91 Å². The van der Waals surface area contributed by atoms with Gasteiger partial charge in [-0.05, 0) is 48.9 Å². The van der Waals surface area contributed by atoms with Crippen molar-refractivity contribution in [3.8, 4) is 11.5 Å². The highest BCUT2D eigenvalue weighted by Gasteiger charge is 2.23. The molecule has 0 atom stereocenters. The van der Waals surface area contributed by atoms with Gasteiger partial charge in [-0.15, -0.1) is 0 Å². The lowest BCUT2D eigenvalue weighted by Crippen LogP contribution is -2.48. The quantitative estimate of drug-likeness (QED) is 0.563. The molecule has 160 valence electrons. The highest BCUT2D eigenvalue weighted by Crippen LogP contribution is 2.29. The van der Waals surface area contributed by atoms with Gasteiger partial charge in [0.2, 0.25) is 0 Å². The van der Waals surface area contributed by atoms with Crippen LogP contribution < -0.4 is 14.4 Å². The van der Waals surface area contributed by atoms with Crippen LogP contribution in [0.25, 0.3) is 0 Å². The second-order valence-electron chi connectivity index (χ2n) is 7.48. The van der Waals surface area contributed by atoms with E-state index in [9.17, 15) is 4.79 Å². The molecule has 5 heteroatoms. The van der Waals surface area contributed by atoms with Crippen LogP contribution in [0.2, 0.25) is 0 Å². The molecule has 0 radical (unpaired) electrons. The van der Waals surface area contributed by atoms with Crippen LogP contribution >= 0.6 is 0 Å². The molecule has 1 fully saturated rings. The summed E-state index contributed by atoms with van der Waals surface area (Å²) in [4.78, 5) is 17.1. The number of amides is 1. The molecule has 31 heavy (non-hydrogen) atoms. The first-order valence-corrected chi connectivity index (χ1v) is 10.8. The fourth-order valence-electron chi connectivity index (χ4n) is 3.76. The SMILES string of the molecule is CCOc1ccccc1N1CCN(C(=O)c2ccc(OCc3ccccc3)cc2)CC1. The number of ether oxygens (including phenoxy) is 2. The molecule has 1 aliphatic heterocycles. The lowest BCUT2D eigenvalue weighted by Gasteiger charge is -2.36. The fraction of sp³-hybridized carbons (Fsp3) is 0.269. The Bertz CT molecular complexity index is 981. The van der Waals surface area contributed by atoms with Gasteiger partial charge in [0.05, 0.1) is 12.3 Å². The number of rotatable bonds is 7. The Morgan fingerprint density at radius 2 is 1.48 bits per heavy atom. The summed E-state index contributed by atoms with van der Waals surface area (Å²) < 4.78 is 11.6. The van der Waals surface area contributed by atoms with Crippen molar-refractivity contribution in [3.05, 3.63) is 90.0 Å². The van der Waals surface area contributed by atoms with Gasteiger partial charge in [-0.3, -0.25) is 4.79 Å². The first-order chi connectivity index (χ1) is 15.2. The molecule has 1 saturated heterocycles. The van der Waals surface area contributed by atoms with Crippen LogP contribution in [0.1, 0.15) is 22.8 Å². The molecule has 1 amide bonds. The highest BCUT2D eigenvalue weighted by molar-refractivity contribution is 5.94. The number of hydrogen-bond donors (Lipinski definition) is 0. The minimum Gasteiger partial charge on any atom is -0.492 e. The van der Waals surface area contributed by atoms with Crippen LogP contribution in [0.3, 0.4) is 0 Å². The van der Waals surface area contributed by atoms with Crippen molar-refractivity contribution in [3.63, 3.8) is 0 Å². The molecule has 5 nitrogen and oxygen atoms in total. The maximum atomic E-state index is 12.9. The van der Waals surface area contributed by atoms with Crippen molar-refractivity contribution in [1.29, 1.82) is 0 Å². The molecule has 4 rings (SSSR count). The Kier molecular flexibility index (Phi) is 6.72. The lowest BCUT2D eigenvalue weighted by molar-refractivity contribution is 0.0746. The zero-order valence-corrected chi connectivity index (χ0v) is 17.9. The molecule has 1 heterocycles. The van der Waals surface area contributed by atoms with Crippen molar-refractivity contribution in [2.45, 2.75) is 13.5 Å². The van der Waals surface area contributed by atoms with Crippen molar-refractivity contribution in [2.24, 2.45) is 0 Å². The van der Waals surface area contributed by atoms with Gasteiger partial charge in [-0.2, -0.15) is 0 Å². The van der Waals surface area contributed by atoms with E-state index < -0.39 is 0 Å². The topological polar surface area (TPSA) is 42.0 Å². The molecule has 0 N–H and O–H groups in total. The van der Waals surface area contributed by atoms with E-state index >= 15 is 0 Å². The van der Waals surface area contributed by atoms with Gasteiger partial charge in [0.15, 0.2) is 0 Å². The van der Waals surface area contributed by atoms with Gasteiger partial charge >= 0.3 is 0 Å². The molecule has 0 aliphatic carbocycles. The van der Waals surface area contributed by atoms with E-state index in [4.69, 9.17) is 9.47 Å². The van der Waals surface area contributed by atoms with Crippen LogP contribution in [0.15, 0.2) is 78.9 Å². The third kappa shape index (κ3) is 5.18. The Labute approximate surface area is 183 Å². The minimum atomic E-state index is 0.0624. The maximum absolute atomic E-state index is 12.9. The van der Waals surface area contributed by atoms with Gasteiger partial charge in [0, 0.05) is 31.7 Å². The monoisotopic (exact) mass is 416 g/mol. The van der Waals surface area contributed by atoms with Gasteiger partial charge in [-0.25, -0.2) is 0 Å². The summed E-state index contributed by atoms with van der Waals surface area (Å²) in [5.74, 6) is 1.72. The fourth-order valence-corrected chi connectivity index (χ4v) is 3.76. The minimum absolute atomic E-state index is 0.0624. The van der Waals surface area contributed by atoms with Crippen LogP contribution in [0, 0.1) is 0 Å². The zero-order valence-electron chi connectivity index (χ0n) is 17.9. The van der Waals surface area contributed by atoms with Crippen LogP contribution in [0.4, 0.5) is 5.69 Å². The van der Waals surface area contributed by atoms with Crippen LogP contribution in [-0.2, 0) is 6.61 Å². The third-order valence-electron chi connectivity index (χ3n) is 5.42. The van der Waals surface area contributed by atoms with Crippen molar-refractivity contribution in [1.82, 2.24) is 4.90 Å². The standard InChI is InChI=1S/C26H28N2O3/c1-2-30-25-11-7-6-10-24(25)27-16-18-28(19-17-27)26(29)22-12-14-23(15-13-22)31-20-21-8-4-3-5-9-21/h3-15H,2,16-20H2,1H3. The van der Waals surface area contributed by atoms with E-state index in [-0.39, 0.29) is 5.91 Å². The van der Waals surface area contributed by atoms with Crippen molar-refractivity contribution in [2.75, 3.05) is 37.7 Å². The second-order valence-corrected chi connectivity index (χ2v) is 7.48. The number of nitrogens with zero attached hydrogens (tertiary/aromatic N) is 2. The summed E-state index contributed by atoms with van der Waals surface area (Å²) in [6.07, 6.45) is 0. The van der Waals surface area contributed by atoms with Crippen molar-refractivity contribution >= 4 is 11.6 Å². The van der Waals surface area contributed by atoms with Crippen LogP contribution in [-0.4, -0.2) is 43.6 Å². The Morgan fingerprint density at radius 3 is 2.19 bits per heavy atom. The molecule has 0 unspecified atom stereocenters. The number of para-hydroxylation sites is 2. The van der Waals surface area contributed by atoms with Gasteiger partial charge in [-0.1, -0.05) is 42.5 Å². The van der Waals surface area contributed by atoms with E-state index in [2.05, 4.69) is 11.0 Å². The third-order valence-corrected chi connectivity index (χ3v) is 5.42. The summed E-state index contributed by atoms with van der Waals surface area (Å²) in [5.41, 5.74) is 2.90. The molecule has 0 bridgehead atoms. The zero-order chi connectivity index (χ0) is 21.5. The molecule has 1 aliphatic rings. The smallest absolute Gasteiger partial charge is 0.253 e. The molecular formula is C26H28N2O3. The van der Waals surface area contributed by atoms with E-state index in [0.29, 0.717) is 31.9 Å². The average Bonchev–Trinajstić information content (AvgIpc) is 2.84. The summed E-state index contributed by atoms with van der Waals surface area (Å²) in [6.45, 7) is 6.09. The summed E-state index contributed by atoms with van der Waals surface area (Å²) in [7, 11) is 0. The number of anilines is 1. The molecular weight excluding hydrogens is 388 g/mol.